The molecule has 3 rings (SSSR count). The third kappa shape index (κ3) is 6.83. The molecule has 0 unspecified atom stereocenters. The molecule has 1 aliphatic rings. The highest BCUT2D eigenvalue weighted by Crippen LogP contribution is 2.39. The van der Waals surface area contributed by atoms with Crippen molar-refractivity contribution in [2.24, 2.45) is 0 Å². The molecular formula is C28H37NO6. The first-order chi connectivity index (χ1) is 16.7. The summed E-state index contributed by atoms with van der Waals surface area (Å²) in [4.78, 5) is 26.2. The molecule has 0 bridgehead atoms. The normalized spacial score (nSPS) is 14.4. The highest BCUT2D eigenvalue weighted by Gasteiger charge is 2.28. The molecule has 2 N–H and O–H groups in total. The van der Waals surface area contributed by atoms with E-state index in [0.717, 1.165) is 38.1 Å². The minimum Gasteiger partial charge on any atom is -0.496 e. The van der Waals surface area contributed by atoms with Gasteiger partial charge < -0.3 is 24.6 Å². The Balaban J connectivity index is 1.46. The van der Waals surface area contributed by atoms with Crippen LogP contribution in [0.3, 0.4) is 0 Å². The van der Waals surface area contributed by atoms with E-state index >= 15 is 0 Å². The van der Waals surface area contributed by atoms with E-state index in [9.17, 15) is 19.8 Å². The number of rotatable bonds is 14. The van der Waals surface area contributed by atoms with Crippen molar-refractivity contribution in [1.29, 1.82) is 0 Å². The van der Waals surface area contributed by atoms with Gasteiger partial charge in [-0.15, -0.1) is 0 Å². The second kappa shape index (κ2) is 12.2. The maximum Gasteiger partial charge on any atom is 0.307 e. The zero-order valence-electron chi connectivity index (χ0n) is 21.2. The number of ketones is 1. The molecule has 0 radical (unpaired) electrons. The van der Waals surface area contributed by atoms with Gasteiger partial charge in [0.2, 0.25) is 0 Å². The largest absolute Gasteiger partial charge is 0.496 e. The number of unbranched alkanes of at least 4 members (excludes halogenated alkanes) is 1. The van der Waals surface area contributed by atoms with Crippen LogP contribution in [-0.2, 0) is 35.5 Å². The number of nitrogens with zero attached hydrogens (tertiary/aromatic N) is 1. The molecular weight excluding hydrogens is 446 g/mol. The van der Waals surface area contributed by atoms with E-state index in [1.54, 1.807) is 19.2 Å². The minimum absolute atomic E-state index is 0.0791. The van der Waals surface area contributed by atoms with Gasteiger partial charge in [0.25, 0.3) is 0 Å². The summed E-state index contributed by atoms with van der Waals surface area (Å²) in [6.45, 7) is 3.76. The third-order valence-electron chi connectivity index (χ3n) is 6.84. The average Bonchev–Trinajstić information content (AvgIpc) is 2.81. The number of aryl methyl sites for hydroxylation is 1. The van der Waals surface area contributed by atoms with Gasteiger partial charge in [-0.2, -0.15) is 0 Å². The fourth-order valence-electron chi connectivity index (χ4n) is 4.93. The highest BCUT2D eigenvalue weighted by atomic mass is 16.5. The van der Waals surface area contributed by atoms with E-state index in [1.165, 1.54) is 23.8 Å². The van der Waals surface area contributed by atoms with Crippen LogP contribution in [0.2, 0.25) is 0 Å². The zero-order valence-corrected chi connectivity index (χ0v) is 21.2. The molecule has 0 saturated heterocycles. The van der Waals surface area contributed by atoms with Crippen LogP contribution in [0, 0.1) is 6.92 Å². The van der Waals surface area contributed by atoms with Crippen molar-refractivity contribution in [1.82, 2.24) is 4.90 Å². The van der Waals surface area contributed by atoms with Crippen molar-refractivity contribution in [3.8, 4) is 11.5 Å². The number of methoxy groups -OCH3 is 2. The molecule has 0 saturated carbocycles. The lowest BCUT2D eigenvalue weighted by Crippen LogP contribution is -2.31. The Bertz CT molecular complexity index is 1060. The van der Waals surface area contributed by atoms with E-state index in [-0.39, 0.29) is 25.2 Å². The van der Waals surface area contributed by atoms with Crippen molar-refractivity contribution in [3.63, 3.8) is 0 Å². The Hall–Kier alpha value is -2.90. The Morgan fingerprint density at radius 1 is 1.00 bits per heavy atom. The number of aliphatic hydroxyl groups is 1. The number of hydrogen-bond acceptors (Lipinski definition) is 6. The summed E-state index contributed by atoms with van der Waals surface area (Å²) in [5.41, 5.74) is 5.69. The van der Waals surface area contributed by atoms with E-state index in [1.807, 2.05) is 0 Å². The number of carbonyl (C=O) groups is 2. The summed E-state index contributed by atoms with van der Waals surface area (Å²) in [6.07, 6.45) is 3.23. The van der Waals surface area contributed by atoms with E-state index in [2.05, 4.69) is 31.0 Å². The lowest BCUT2D eigenvalue weighted by molar-refractivity contribution is -0.136. The molecule has 7 nitrogen and oxygen atoms in total. The van der Waals surface area contributed by atoms with E-state index in [0.29, 0.717) is 34.8 Å². The van der Waals surface area contributed by atoms with Gasteiger partial charge in [0.1, 0.15) is 17.3 Å². The Labute approximate surface area is 207 Å². The molecule has 0 aliphatic heterocycles. The number of carboxylic acids is 1. The first-order valence-electron chi connectivity index (χ1n) is 12.1. The number of carboxylic acid groups (broad SMARTS) is 1. The number of fused-ring (bicyclic) bond motifs is 1. The molecule has 0 spiro atoms. The molecule has 0 fully saturated rings. The number of carbonyl (C=O) groups excluding carboxylic acids is 1. The molecule has 2 aromatic carbocycles. The van der Waals surface area contributed by atoms with E-state index in [4.69, 9.17) is 9.47 Å². The topological polar surface area (TPSA) is 96.3 Å². The molecule has 190 valence electrons. The maximum atomic E-state index is 12.6. The first-order valence-corrected chi connectivity index (χ1v) is 12.1. The fourth-order valence-corrected chi connectivity index (χ4v) is 4.93. The quantitative estimate of drug-likeness (QED) is 0.396. The molecule has 2 aromatic rings. The van der Waals surface area contributed by atoms with Gasteiger partial charge in [0.05, 0.1) is 27.2 Å². The monoisotopic (exact) mass is 483 g/mol. The van der Waals surface area contributed by atoms with E-state index < -0.39 is 5.97 Å². The van der Waals surface area contributed by atoms with Crippen molar-refractivity contribution in [2.45, 2.75) is 58.0 Å². The summed E-state index contributed by atoms with van der Waals surface area (Å²) in [5.74, 6) is 1.08. The maximum absolute atomic E-state index is 12.6. The second-order valence-electron chi connectivity index (χ2n) is 9.52. The number of benzene rings is 2. The first kappa shape index (κ1) is 26.7. The zero-order chi connectivity index (χ0) is 25.5. The highest BCUT2D eigenvalue weighted by molar-refractivity contribution is 5.82. The second-order valence-corrected chi connectivity index (χ2v) is 9.52. The van der Waals surface area contributed by atoms with Gasteiger partial charge in [-0.3, -0.25) is 9.59 Å². The SMILES string of the molecule is COc1cc2c(cc1C)[C@@H](CN(C)CCCCC(=O)Cc1cc(OC)c(CO)cc1CC(=O)O)C2. The van der Waals surface area contributed by atoms with Crippen LogP contribution < -0.4 is 9.47 Å². The standard InChI is InChI=1S/C28H37NO6/c1-18-9-25-21(14-26(18)34-3)11-22(25)16-29(2)8-6-5-7-24(31)12-20-13-27(35-4)23(17-30)10-19(20)15-28(32)33/h9-10,13-14,22,30H,5-8,11-12,15-17H2,1-4H3,(H,32,33)/t22-/m1/s1. The Morgan fingerprint density at radius 2 is 1.71 bits per heavy atom. The number of likely N-dealkylation sites (N-methyl/N-ethyl adjacent to an activating group) is 1. The molecule has 0 heterocycles. The molecule has 0 aromatic heterocycles. The van der Waals surface area contributed by atoms with Gasteiger partial charge in [-0.05, 0) is 85.8 Å². The van der Waals surface area contributed by atoms with Crippen LogP contribution >= 0.6 is 0 Å². The summed E-state index contributed by atoms with van der Waals surface area (Å²) in [7, 11) is 5.33. The number of Topliss-reactive ketones (excluding diaryl/α,β-unsaturated/α-hetero) is 1. The summed E-state index contributed by atoms with van der Waals surface area (Å²) >= 11 is 0. The molecule has 35 heavy (non-hydrogen) atoms. The van der Waals surface area contributed by atoms with Crippen LogP contribution in [0.4, 0.5) is 0 Å². The van der Waals surface area contributed by atoms with Gasteiger partial charge in [-0.1, -0.05) is 6.07 Å². The number of hydrogen-bond donors (Lipinski definition) is 2. The van der Waals surface area contributed by atoms with Crippen molar-refractivity contribution < 1.29 is 29.3 Å². The fraction of sp³-hybridized carbons (Fsp3) is 0.500. The van der Waals surface area contributed by atoms with Gasteiger partial charge in [-0.25, -0.2) is 0 Å². The predicted octanol–water partition coefficient (Wildman–Crippen LogP) is 3.69. The lowest BCUT2D eigenvalue weighted by Gasteiger charge is -2.34. The van der Waals surface area contributed by atoms with Crippen LogP contribution in [0.25, 0.3) is 0 Å². The van der Waals surface area contributed by atoms with Gasteiger partial charge in [0.15, 0.2) is 0 Å². The molecule has 1 atom stereocenters. The van der Waals surface area contributed by atoms with Crippen molar-refractivity contribution >= 4 is 11.8 Å². The summed E-state index contributed by atoms with van der Waals surface area (Å²) in [6, 6.07) is 7.71. The summed E-state index contributed by atoms with van der Waals surface area (Å²) in [5, 5.41) is 18.7. The van der Waals surface area contributed by atoms with Gasteiger partial charge >= 0.3 is 5.97 Å². The average molecular weight is 484 g/mol. The van der Waals surface area contributed by atoms with Crippen molar-refractivity contribution in [2.75, 3.05) is 34.4 Å². The van der Waals surface area contributed by atoms with Crippen molar-refractivity contribution in [3.05, 3.63) is 57.6 Å². The molecule has 7 heteroatoms. The molecule has 1 aliphatic carbocycles. The number of aliphatic carboxylic acids is 1. The van der Waals surface area contributed by atoms with Gasteiger partial charge in [0, 0.05) is 30.9 Å². The Kier molecular flexibility index (Phi) is 9.29. The smallest absolute Gasteiger partial charge is 0.307 e. The summed E-state index contributed by atoms with van der Waals surface area (Å²) < 4.78 is 10.7. The van der Waals surface area contributed by atoms with Crippen LogP contribution in [-0.4, -0.2) is 61.2 Å². The minimum atomic E-state index is -0.973. The molecule has 0 amide bonds. The van der Waals surface area contributed by atoms with Crippen LogP contribution in [0.15, 0.2) is 24.3 Å². The number of ether oxygens (including phenoxy) is 2. The van der Waals surface area contributed by atoms with Crippen LogP contribution in [0.5, 0.6) is 11.5 Å². The predicted molar refractivity (Wildman–Crippen MR) is 134 cm³/mol. The number of aliphatic hydroxyl groups excluding tert-OH is 1. The lowest BCUT2D eigenvalue weighted by atomic mass is 9.76. The van der Waals surface area contributed by atoms with Crippen LogP contribution in [0.1, 0.15) is 58.6 Å². The Morgan fingerprint density at radius 3 is 2.37 bits per heavy atom. The third-order valence-corrected chi connectivity index (χ3v) is 6.84.